The van der Waals surface area contributed by atoms with Crippen LogP contribution in [0.2, 0.25) is 0 Å². The third kappa shape index (κ3) is 4.09. The highest BCUT2D eigenvalue weighted by atomic mass is 16.4. The zero-order chi connectivity index (χ0) is 14.6. The fourth-order valence-electron chi connectivity index (χ4n) is 1.45. The summed E-state index contributed by atoms with van der Waals surface area (Å²) in [5.74, 6) is -2.43. The minimum Gasteiger partial charge on any atom is -0.480 e. The fourth-order valence-corrected chi connectivity index (χ4v) is 1.45. The number of carbonyl (C=O) groups excluding carboxylic acids is 2. The molecule has 1 rings (SSSR count). The predicted octanol–water partition coefficient (Wildman–Crippen LogP) is -0.823. The highest BCUT2D eigenvalue weighted by molar-refractivity contribution is 5.95. The highest BCUT2D eigenvalue weighted by Crippen LogP contribution is 2.03. The molecule has 0 aliphatic rings. The summed E-state index contributed by atoms with van der Waals surface area (Å²) in [7, 11) is 1.67. The van der Waals surface area contributed by atoms with Gasteiger partial charge in [0.2, 0.25) is 5.91 Å². The summed E-state index contributed by atoms with van der Waals surface area (Å²) in [5.41, 5.74) is 5.85. The van der Waals surface area contributed by atoms with E-state index in [9.17, 15) is 14.4 Å². The van der Waals surface area contributed by atoms with Gasteiger partial charge in [-0.25, -0.2) is 4.79 Å². The van der Waals surface area contributed by atoms with E-state index >= 15 is 0 Å². The molecular weight excluding hydrogens is 252 g/mol. The summed E-state index contributed by atoms with van der Waals surface area (Å²) in [6.07, 6.45) is -0.166. The molecule has 0 radical (unpaired) electrons. The number of aromatic nitrogens is 2. The number of carbonyl (C=O) groups is 3. The molecular formula is C11H16N4O4. The minimum atomic E-state index is -1.22. The maximum absolute atomic E-state index is 11.8. The molecule has 0 saturated carbocycles. The van der Waals surface area contributed by atoms with E-state index in [2.05, 4.69) is 10.4 Å². The second kappa shape index (κ2) is 5.98. The molecule has 0 aliphatic heterocycles. The quantitative estimate of drug-likeness (QED) is 0.621. The van der Waals surface area contributed by atoms with Gasteiger partial charge >= 0.3 is 5.97 Å². The standard InChI is InChI=1S/C11H16N4O4/c1-6-5-8(14-15(6)2)10(17)13-7(11(18)19)3-4-9(12)16/h5,7H,3-4H2,1-2H3,(H2,12,16)(H,13,17)(H,18,19)/t7-/m0/s1. The largest absolute Gasteiger partial charge is 0.480 e. The Kier molecular flexibility index (Phi) is 4.62. The smallest absolute Gasteiger partial charge is 0.326 e. The zero-order valence-corrected chi connectivity index (χ0v) is 10.7. The van der Waals surface area contributed by atoms with Gasteiger partial charge in [0.1, 0.15) is 11.7 Å². The normalized spacial score (nSPS) is 11.9. The van der Waals surface area contributed by atoms with Crippen LogP contribution in [0.3, 0.4) is 0 Å². The number of carboxylic acids is 1. The van der Waals surface area contributed by atoms with Crippen LogP contribution in [0.1, 0.15) is 29.0 Å². The number of hydrogen-bond acceptors (Lipinski definition) is 4. The number of aryl methyl sites for hydroxylation is 2. The number of nitrogens with two attached hydrogens (primary N) is 1. The highest BCUT2D eigenvalue weighted by Gasteiger charge is 2.22. The number of hydrogen-bond donors (Lipinski definition) is 3. The van der Waals surface area contributed by atoms with Crippen molar-refractivity contribution in [3.8, 4) is 0 Å². The van der Waals surface area contributed by atoms with Crippen LogP contribution in [0.25, 0.3) is 0 Å². The average Bonchev–Trinajstić information content (AvgIpc) is 2.64. The summed E-state index contributed by atoms with van der Waals surface area (Å²) in [6, 6.07) is 0.379. The molecule has 0 bridgehead atoms. The number of nitrogens with zero attached hydrogens (tertiary/aromatic N) is 2. The topological polar surface area (TPSA) is 127 Å². The Bertz CT molecular complexity index is 489. The van der Waals surface area contributed by atoms with Crippen molar-refractivity contribution >= 4 is 17.8 Å². The molecule has 1 heterocycles. The number of nitrogens with one attached hydrogen (secondary N) is 1. The van der Waals surface area contributed by atoms with Crippen LogP contribution in [0.5, 0.6) is 0 Å². The van der Waals surface area contributed by atoms with Gasteiger partial charge in [0.25, 0.3) is 5.91 Å². The van der Waals surface area contributed by atoms with Gasteiger partial charge in [-0.3, -0.25) is 14.3 Å². The van der Waals surface area contributed by atoms with E-state index in [1.165, 1.54) is 4.68 Å². The van der Waals surface area contributed by atoms with Crippen molar-refractivity contribution in [3.05, 3.63) is 17.5 Å². The fraction of sp³-hybridized carbons (Fsp3) is 0.455. The average molecular weight is 268 g/mol. The van der Waals surface area contributed by atoms with Crippen LogP contribution in [0, 0.1) is 6.92 Å². The van der Waals surface area contributed by atoms with Crippen LogP contribution in [-0.4, -0.2) is 38.7 Å². The van der Waals surface area contributed by atoms with Crippen molar-refractivity contribution in [1.82, 2.24) is 15.1 Å². The van der Waals surface area contributed by atoms with Gasteiger partial charge in [-0.15, -0.1) is 0 Å². The van der Waals surface area contributed by atoms with Gasteiger partial charge in [-0.05, 0) is 19.4 Å². The van der Waals surface area contributed by atoms with Crippen molar-refractivity contribution in [1.29, 1.82) is 0 Å². The molecule has 2 amide bonds. The molecule has 0 fully saturated rings. The molecule has 0 aromatic carbocycles. The lowest BCUT2D eigenvalue weighted by Gasteiger charge is -2.12. The summed E-state index contributed by atoms with van der Waals surface area (Å²) in [6.45, 7) is 1.77. The lowest BCUT2D eigenvalue weighted by atomic mass is 10.1. The van der Waals surface area contributed by atoms with Crippen molar-refractivity contribution in [2.45, 2.75) is 25.8 Å². The van der Waals surface area contributed by atoms with E-state index in [1.54, 1.807) is 20.0 Å². The SMILES string of the molecule is Cc1cc(C(=O)N[C@@H](CCC(N)=O)C(=O)O)nn1C. The van der Waals surface area contributed by atoms with Crippen molar-refractivity contribution in [2.75, 3.05) is 0 Å². The van der Waals surface area contributed by atoms with Gasteiger partial charge in [0.05, 0.1) is 0 Å². The van der Waals surface area contributed by atoms with E-state index in [0.29, 0.717) is 0 Å². The molecule has 1 aromatic rings. The number of amides is 2. The first kappa shape index (κ1) is 14.7. The van der Waals surface area contributed by atoms with Crippen molar-refractivity contribution in [2.24, 2.45) is 12.8 Å². The van der Waals surface area contributed by atoms with Gasteiger partial charge in [0, 0.05) is 19.2 Å². The van der Waals surface area contributed by atoms with Gasteiger partial charge in [-0.2, -0.15) is 5.10 Å². The molecule has 1 aromatic heterocycles. The molecule has 104 valence electrons. The molecule has 4 N–H and O–H groups in total. The Morgan fingerprint density at radius 1 is 1.53 bits per heavy atom. The van der Waals surface area contributed by atoms with Gasteiger partial charge in [0.15, 0.2) is 0 Å². The number of carboxylic acid groups (broad SMARTS) is 1. The number of rotatable bonds is 6. The maximum Gasteiger partial charge on any atom is 0.326 e. The molecule has 0 spiro atoms. The Labute approximate surface area is 109 Å². The lowest BCUT2D eigenvalue weighted by molar-refractivity contribution is -0.139. The zero-order valence-electron chi connectivity index (χ0n) is 10.7. The molecule has 1 atom stereocenters. The van der Waals surface area contributed by atoms with E-state index in [-0.39, 0.29) is 18.5 Å². The van der Waals surface area contributed by atoms with E-state index in [1.807, 2.05) is 0 Å². The Balaban J connectivity index is 2.71. The number of aliphatic carboxylic acids is 1. The van der Waals surface area contributed by atoms with Crippen LogP contribution in [-0.2, 0) is 16.6 Å². The summed E-state index contributed by atoms with van der Waals surface area (Å²) < 4.78 is 1.51. The minimum absolute atomic E-state index is 0.0534. The van der Waals surface area contributed by atoms with Gasteiger partial charge in [-0.1, -0.05) is 0 Å². The van der Waals surface area contributed by atoms with E-state index < -0.39 is 23.8 Å². The molecule has 0 saturated heterocycles. The molecule has 8 heteroatoms. The van der Waals surface area contributed by atoms with E-state index in [4.69, 9.17) is 10.8 Å². The van der Waals surface area contributed by atoms with Gasteiger partial charge < -0.3 is 16.2 Å². The van der Waals surface area contributed by atoms with Crippen LogP contribution in [0.4, 0.5) is 0 Å². The Morgan fingerprint density at radius 2 is 2.16 bits per heavy atom. The van der Waals surface area contributed by atoms with Crippen molar-refractivity contribution < 1.29 is 19.5 Å². The third-order valence-electron chi connectivity index (χ3n) is 2.63. The van der Waals surface area contributed by atoms with E-state index in [0.717, 1.165) is 5.69 Å². The van der Waals surface area contributed by atoms with Crippen molar-refractivity contribution in [3.63, 3.8) is 0 Å². The predicted molar refractivity (Wildman–Crippen MR) is 65.3 cm³/mol. The monoisotopic (exact) mass is 268 g/mol. The molecule has 0 unspecified atom stereocenters. The summed E-state index contributed by atoms with van der Waals surface area (Å²) >= 11 is 0. The van der Waals surface area contributed by atoms with Crippen LogP contribution < -0.4 is 11.1 Å². The van der Waals surface area contributed by atoms with Crippen LogP contribution >= 0.6 is 0 Å². The summed E-state index contributed by atoms with van der Waals surface area (Å²) in [4.78, 5) is 33.4. The molecule has 8 nitrogen and oxygen atoms in total. The maximum atomic E-state index is 11.8. The Hall–Kier alpha value is -2.38. The second-order valence-electron chi connectivity index (χ2n) is 4.16. The van der Waals surface area contributed by atoms with Crippen LogP contribution in [0.15, 0.2) is 6.07 Å². The second-order valence-corrected chi connectivity index (χ2v) is 4.16. The first-order chi connectivity index (χ1) is 8.81. The third-order valence-corrected chi connectivity index (χ3v) is 2.63. The molecule has 19 heavy (non-hydrogen) atoms. The first-order valence-electron chi connectivity index (χ1n) is 5.64. The molecule has 0 aliphatic carbocycles. The lowest BCUT2D eigenvalue weighted by Crippen LogP contribution is -2.41. The number of primary amides is 1. The first-order valence-corrected chi connectivity index (χ1v) is 5.64. The summed E-state index contributed by atoms with van der Waals surface area (Å²) in [5, 5.41) is 15.2. The Morgan fingerprint density at radius 3 is 2.58 bits per heavy atom.